The zero-order valence-corrected chi connectivity index (χ0v) is 13.7. The second-order valence-corrected chi connectivity index (χ2v) is 6.93. The van der Waals surface area contributed by atoms with Crippen molar-refractivity contribution in [2.75, 3.05) is 0 Å². The van der Waals surface area contributed by atoms with Gasteiger partial charge in [-0.3, -0.25) is 9.08 Å². The molecule has 0 radical (unpaired) electrons. The van der Waals surface area contributed by atoms with E-state index in [1.807, 2.05) is 0 Å². The number of carbonyl (C=O) groups is 1. The average molecular weight is 370 g/mol. The van der Waals surface area contributed by atoms with Crippen LogP contribution < -0.4 is 0 Å². The third-order valence-corrected chi connectivity index (χ3v) is 4.44. The van der Waals surface area contributed by atoms with Crippen LogP contribution in [0, 0.1) is 0 Å². The van der Waals surface area contributed by atoms with E-state index in [0.717, 1.165) is 4.47 Å². The standard InChI is InChI=1S/C14H12BrNO4S/c1-9-7-12(8-10(2)14(9)17)16-20-21(18,19)13-5-3-11(15)4-6-13/h3-8H,1-2H3. The topological polar surface area (TPSA) is 72.8 Å². The largest absolute Gasteiger partial charge is 0.358 e. The third kappa shape index (κ3) is 3.68. The van der Waals surface area contributed by atoms with Gasteiger partial charge in [0.25, 0.3) is 0 Å². The molecule has 7 heteroatoms. The van der Waals surface area contributed by atoms with Crippen molar-refractivity contribution in [3.05, 3.63) is 52.0 Å². The highest BCUT2D eigenvalue weighted by Crippen LogP contribution is 2.18. The van der Waals surface area contributed by atoms with Crippen LogP contribution in [0.2, 0.25) is 0 Å². The molecule has 21 heavy (non-hydrogen) atoms. The molecule has 0 N–H and O–H groups in total. The van der Waals surface area contributed by atoms with Gasteiger partial charge in [0.15, 0.2) is 5.78 Å². The van der Waals surface area contributed by atoms with Gasteiger partial charge in [-0.05, 0) is 61.4 Å². The minimum absolute atomic E-state index is 0.00309. The summed E-state index contributed by atoms with van der Waals surface area (Å²) in [5, 5.41) is 3.60. The van der Waals surface area contributed by atoms with Gasteiger partial charge in [-0.25, -0.2) is 0 Å². The maximum Gasteiger partial charge on any atom is 0.358 e. The van der Waals surface area contributed by atoms with E-state index in [2.05, 4.69) is 25.4 Å². The van der Waals surface area contributed by atoms with Crippen molar-refractivity contribution in [2.45, 2.75) is 18.7 Å². The lowest BCUT2D eigenvalue weighted by Crippen LogP contribution is -2.11. The normalized spacial score (nSPS) is 15.4. The maximum absolute atomic E-state index is 12.0. The van der Waals surface area contributed by atoms with E-state index in [0.29, 0.717) is 11.1 Å². The Morgan fingerprint density at radius 2 is 1.57 bits per heavy atom. The predicted octanol–water partition coefficient (Wildman–Crippen LogP) is 2.99. The van der Waals surface area contributed by atoms with Crippen molar-refractivity contribution in [1.29, 1.82) is 0 Å². The summed E-state index contributed by atoms with van der Waals surface area (Å²) in [6.07, 6.45) is 2.96. The zero-order chi connectivity index (χ0) is 15.6. The summed E-state index contributed by atoms with van der Waals surface area (Å²) in [6.45, 7) is 3.27. The molecule has 0 aromatic heterocycles. The van der Waals surface area contributed by atoms with Gasteiger partial charge in [0.1, 0.15) is 10.6 Å². The highest BCUT2D eigenvalue weighted by atomic mass is 79.9. The van der Waals surface area contributed by atoms with Crippen molar-refractivity contribution in [2.24, 2.45) is 5.16 Å². The van der Waals surface area contributed by atoms with Crippen LogP contribution in [-0.2, 0) is 19.2 Å². The molecule has 5 nitrogen and oxygen atoms in total. The summed E-state index contributed by atoms with van der Waals surface area (Å²) in [7, 11) is -3.98. The molecule has 0 heterocycles. The Bertz CT molecular complexity index is 750. The summed E-state index contributed by atoms with van der Waals surface area (Å²) in [5.74, 6) is -0.0929. The minimum atomic E-state index is -3.98. The lowest BCUT2D eigenvalue weighted by atomic mass is 9.98. The van der Waals surface area contributed by atoms with Gasteiger partial charge in [0.2, 0.25) is 0 Å². The molecule has 1 aliphatic carbocycles. The molecular weight excluding hydrogens is 358 g/mol. The number of carbonyl (C=O) groups excluding carboxylic acids is 1. The lowest BCUT2D eigenvalue weighted by molar-refractivity contribution is -0.112. The second kappa shape index (κ2) is 5.95. The first-order chi connectivity index (χ1) is 9.79. The van der Waals surface area contributed by atoms with Crippen molar-refractivity contribution >= 4 is 37.5 Å². The SMILES string of the molecule is CC1=CC(=NOS(=O)(=O)c2ccc(Br)cc2)C=C(C)C1=O. The highest BCUT2D eigenvalue weighted by molar-refractivity contribution is 9.10. The van der Waals surface area contributed by atoms with Gasteiger partial charge < -0.3 is 0 Å². The summed E-state index contributed by atoms with van der Waals surface area (Å²) in [4.78, 5) is 11.6. The van der Waals surface area contributed by atoms with Gasteiger partial charge in [-0.15, -0.1) is 0 Å². The van der Waals surface area contributed by atoms with Gasteiger partial charge in [0, 0.05) is 4.47 Å². The van der Waals surface area contributed by atoms with Gasteiger partial charge in [0.05, 0.1) is 0 Å². The van der Waals surface area contributed by atoms with Gasteiger partial charge in [-0.1, -0.05) is 21.1 Å². The number of allylic oxidation sites excluding steroid dienone is 4. The minimum Gasteiger partial charge on any atom is -0.289 e. The number of hydrogen-bond acceptors (Lipinski definition) is 5. The Morgan fingerprint density at radius 3 is 2.10 bits per heavy atom. The number of hydrogen-bond donors (Lipinski definition) is 0. The summed E-state index contributed by atoms with van der Waals surface area (Å²) in [6, 6.07) is 6.01. The predicted molar refractivity (Wildman–Crippen MR) is 82.4 cm³/mol. The quantitative estimate of drug-likeness (QED) is 0.606. The fourth-order valence-corrected chi connectivity index (χ4v) is 2.72. The van der Waals surface area contributed by atoms with E-state index in [-0.39, 0.29) is 16.4 Å². The van der Waals surface area contributed by atoms with Gasteiger partial charge >= 0.3 is 10.1 Å². The van der Waals surface area contributed by atoms with Crippen molar-refractivity contribution in [3.63, 3.8) is 0 Å². The van der Waals surface area contributed by atoms with Crippen LogP contribution in [0.5, 0.6) is 0 Å². The number of halogens is 1. The van der Waals surface area contributed by atoms with Crippen LogP contribution in [0.4, 0.5) is 0 Å². The molecule has 0 saturated heterocycles. The van der Waals surface area contributed by atoms with Gasteiger partial charge in [-0.2, -0.15) is 8.42 Å². The molecule has 110 valence electrons. The first-order valence-electron chi connectivity index (χ1n) is 5.98. The van der Waals surface area contributed by atoms with Crippen LogP contribution in [0.15, 0.2) is 62.1 Å². The summed E-state index contributed by atoms with van der Waals surface area (Å²) < 4.78 is 29.4. The molecule has 0 aliphatic heterocycles. The summed E-state index contributed by atoms with van der Waals surface area (Å²) >= 11 is 3.22. The monoisotopic (exact) mass is 369 g/mol. The maximum atomic E-state index is 12.0. The Morgan fingerprint density at radius 1 is 1.05 bits per heavy atom. The fraction of sp³-hybridized carbons (Fsp3) is 0.143. The molecule has 1 aliphatic rings. The van der Waals surface area contributed by atoms with Crippen LogP contribution in [0.3, 0.4) is 0 Å². The molecule has 1 aromatic rings. The van der Waals surface area contributed by atoms with E-state index in [1.54, 1.807) is 26.0 Å². The molecule has 0 unspecified atom stereocenters. The first-order valence-corrected chi connectivity index (χ1v) is 8.18. The van der Waals surface area contributed by atoms with Crippen LogP contribution >= 0.6 is 15.9 Å². The van der Waals surface area contributed by atoms with E-state index >= 15 is 0 Å². The van der Waals surface area contributed by atoms with Crippen LogP contribution in [-0.4, -0.2) is 19.9 Å². The fourth-order valence-electron chi connectivity index (χ4n) is 1.72. The number of benzene rings is 1. The molecule has 0 spiro atoms. The number of nitrogens with zero attached hydrogens (tertiary/aromatic N) is 1. The van der Waals surface area contributed by atoms with E-state index in [4.69, 9.17) is 0 Å². The molecule has 0 amide bonds. The van der Waals surface area contributed by atoms with Crippen molar-refractivity contribution in [1.82, 2.24) is 0 Å². The highest BCUT2D eigenvalue weighted by Gasteiger charge is 2.18. The van der Waals surface area contributed by atoms with Crippen molar-refractivity contribution in [3.8, 4) is 0 Å². The van der Waals surface area contributed by atoms with E-state index in [9.17, 15) is 13.2 Å². The van der Waals surface area contributed by atoms with E-state index < -0.39 is 10.1 Å². The van der Waals surface area contributed by atoms with Crippen LogP contribution in [0.1, 0.15) is 13.8 Å². The van der Waals surface area contributed by atoms with E-state index in [1.165, 1.54) is 24.3 Å². The second-order valence-electron chi connectivity index (χ2n) is 4.48. The molecular formula is C14H12BrNO4S. The molecule has 0 atom stereocenters. The number of oxime groups is 1. The number of Topliss-reactive ketones (excluding diaryl/α,β-unsaturated/α-hetero) is 1. The Hall–Kier alpha value is -1.73. The number of rotatable bonds is 3. The zero-order valence-electron chi connectivity index (χ0n) is 11.3. The first kappa shape index (κ1) is 15.7. The molecule has 1 aromatic carbocycles. The Balaban J connectivity index is 2.24. The molecule has 0 bridgehead atoms. The Kier molecular flexibility index (Phi) is 4.43. The van der Waals surface area contributed by atoms with Crippen molar-refractivity contribution < 1.29 is 17.5 Å². The number of ketones is 1. The molecule has 0 fully saturated rings. The molecule has 0 saturated carbocycles. The average Bonchev–Trinajstić information content (AvgIpc) is 2.43. The summed E-state index contributed by atoms with van der Waals surface area (Å²) in [5.41, 5.74) is 1.25. The Labute approximate surface area is 131 Å². The van der Waals surface area contributed by atoms with Crippen LogP contribution in [0.25, 0.3) is 0 Å². The lowest BCUT2D eigenvalue weighted by Gasteiger charge is -2.08. The smallest absolute Gasteiger partial charge is 0.289 e. The molecule has 2 rings (SSSR count). The third-order valence-electron chi connectivity index (χ3n) is 2.79.